The Morgan fingerprint density at radius 1 is 1.19 bits per heavy atom. The van der Waals surface area contributed by atoms with Crippen LogP contribution in [0.3, 0.4) is 0 Å². The average Bonchev–Trinajstić information content (AvgIpc) is 2.69. The molecule has 0 saturated carbocycles. The third-order valence-electron chi connectivity index (χ3n) is 4.28. The van der Waals surface area contributed by atoms with Crippen LogP contribution in [-0.4, -0.2) is 33.7 Å². The number of aromatic nitrogens is 3. The molecule has 3 rings (SSSR count). The fourth-order valence-electron chi connectivity index (χ4n) is 2.85. The highest BCUT2D eigenvalue weighted by Gasteiger charge is 2.14. The number of ether oxygens (including phenoxy) is 1. The maximum absolute atomic E-state index is 12.3. The van der Waals surface area contributed by atoms with Crippen LogP contribution in [0.2, 0.25) is 0 Å². The second-order valence-electron chi connectivity index (χ2n) is 6.05. The van der Waals surface area contributed by atoms with Crippen LogP contribution in [0.5, 0.6) is 5.75 Å². The van der Waals surface area contributed by atoms with Gasteiger partial charge >= 0.3 is 11.1 Å². The third kappa shape index (κ3) is 3.89. The Kier molecular flexibility index (Phi) is 5.35. The first-order valence-electron chi connectivity index (χ1n) is 8.45. The maximum Gasteiger partial charge on any atom is 0.317 e. The minimum absolute atomic E-state index is 0.241. The van der Waals surface area contributed by atoms with Gasteiger partial charge in [0.15, 0.2) is 5.65 Å². The standard InChI is InChI=1S/C19H20N4O4/c1-22-17-15(7-4-9-21-17)23(19(26)18(22)25)12-16(24)20-10-8-13-5-3-6-14(11-13)27-2/h3-7,9,11H,8,10,12H2,1-2H3,(H,20,24). The lowest BCUT2D eigenvalue weighted by Crippen LogP contribution is -2.43. The van der Waals surface area contributed by atoms with Crippen molar-refractivity contribution in [3.8, 4) is 5.75 Å². The van der Waals surface area contributed by atoms with Gasteiger partial charge in [-0.05, 0) is 36.2 Å². The van der Waals surface area contributed by atoms with E-state index in [4.69, 9.17) is 4.74 Å². The largest absolute Gasteiger partial charge is 0.497 e. The van der Waals surface area contributed by atoms with E-state index in [1.807, 2.05) is 24.3 Å². The molecule has 8 nitrogen and oxygen atoms in total. The van der Waals surface area contributed by atoms with E-state index in [1.54, 1.807) is 19.2 Å². The summed E-state index contributed by atoms with van der Waals surface area (Å²) in [7, 11) is 3.08. The average molecular weight is 368 g/mol. The van der Waals surface area contributed by atoms with Crippen molar-refractivity contribution in [1.29, 1.82) is 0 Å². The fourth-order valence-corrected chi connectivity index (χ4v) is 2.85. The molecule has 0 aliphatic carbocycles. The molecule has 3 aromatic rings. The van der Waals surface area contributed by atoms with Gasteiger partial charge in [0.05, 0.1) is 12.6 Å². The zero-order chi connectivity index (χ0) is 19.4. The first kappa shape index (κ1) is 18.4. The minimum Gasteiger partial charge on any atom is -0.497 e. The zero-order valence-corrected chi connectivity index (χ0v) is 15.1. The normalized spacial score (nSPS) is 10.7. The smallest absolute Gasteiger partial charge is 0.317 e. The molecular weight excluding hydrogens is 348 g/mol. The second kappa shape index (κ2) is 7.86. The summed E-state index contributed by atoms with van der Waals surface area (Å²) in [6, 6.07) is 10.9. The van der Waals surface area contributed by atoms with Crippen molar-refractivity contribution in [3.05, 3.63) is 68.9 Å². The Morgan fingerprint density at radius 3 is 2.78 bits per heavy atom. The van der Waals surface area contributed by atoms with Gasteiger partial charge in [-0.2, -0.15) is 0 Å². The molecule has 1 aromatic carbocycles. The molecule has 8 heteroatoms. The number of fused-ring (bicyclic) bond motifs is 1. The molecule has 0 saturated heterocycles. The summed E-state index contributed by atoms with van der Waals surface area (Å²) in [6.45, 7) is 0.164. The molecule has 0 aliphatic rings. The SMILES string of the molecule is COc1cccc(CCNC(=O)Cn2c(=O)c(=O)n(C)c3ncccc32)c1. The van der Waals surface area contributed by atoms with Gasteiger partial charge in [0.1, 0.15) is 12.3 Å². The topological polar surface area (TPSA) is 95.2 Å². The molecule has 27 heavy (non-hydrogen) atoms. The van der Waals surface area contributed by atoms with E-state index >= 15 is 0 Å². The Labute approximate surface area is 155 Å². The van der Waals surface area contributed by atoms with Gasteiger partial charge in [0, 0.05) is 19.8 Å². The van der Waals surface area contributed by atoms with Crippen LogP contribution >= 0.6 is 0 Å². The number of methoxy groups -OCH3 is 1. The van der Waals surface area contributed by atoms with Crippen molar-refractivity contribution < 1.29 is 9.53 Å². The number of aryl methyl sites for hydroxylation is 1. The van der Waals surface area contributed by atoms with Gasteiger partial charge in [-0.25, -0.2) is 4.98 Å². The number of hydrogen-bond donors (Lipinski definition) is 1. The van der Waals surface area contributed by atoms with Crippen LogP contribution in [0.15, 0.2) is 52.2 Å². The van der Waals surface area contributed by atoms with E-state index in [-0.39, 0.29) is 12.5 Å². The molecule has 1 N–H and O–H groups in total. The monoisotopic (exact) mass is 368 g/mol. The van der Waals surface area contributed by atoms with Gasteiger partial charge in [-0.15, -0.1) is 0 Å². The van der Waals surface area contributed by atoms with Crippen LogP contribution in [0.25, 0.3) is 11.2 Å². The molecular formula is C19H20N4O4. The Balaban J connectivity index is 1.73. The molecule has 0 aliphatic heterocycles. The highest BCUT2D eigenvalue weighted by molar-refractivity contribution is 5.78. The number of hydrogen-bond acceptors (Lipinski definition) is 5. The van der Waals surface area contributed by atoms with Gasteiger partial charge in [-0.1, -0.05) is 12.1 Å². The van der Waals surface area contributed by atoms with E-state index in [1.165, 1.54) is 17.8 Å². The molecule has 0 radical (unpaired) electrons. The number of carbonyl (C=O) groups excluding carboxylic acids is 1. The van der Waals surface area contributed by atoms with Gasteiger partial charge in [0.2, 0.25) is 5.91 Å². The van der Waals surface area contributed by atoms with Crippen molar-refractivity contribution in [2.45, 2.75) is 13.0 Å². The van der Waals surface area contributed by atoms with Crippen molar-refractivity contribution in [1.82, 2.24) is 19.4 Å². The molecule has 0 atom stereocenters. The van der Waals surface area contributed by atoms with Gasteiger partial charge in [0.25, 0.3) is 0 Å². The molecule has 0 spiro atoms. The quantitative estimate of drug-likeness (QED) is 0.638. The van der Waals surface area contributed by atoms with Crippen molar-refractivity contribution >= 4 is 17.1 Å². The summed E-state index contributed by atoms with van der Waals surface area (Å²) >= 11 is 0. The molecule has 140 valence electrons. The predicted octanol–water partition coefficient (Wildman–Crippen LogP) is 0.463. The lowest BCUT2D eigenvalue weighted by Gasteiger charge is -2.12. The van der Waals surface area contributed by atoms with Crippen molar-refractivity contribution in [2.24, 2.45) is 7.05 Å². The van der Waals surface area contributed by atoms with E-state index in [2.05, 4.69) is 10.3 Å². The molecule has 2 aromatic heterocycles. The summed E-state index contributed by atoms with van der Waals surface area (Å²) < 4.78 is 7.52. The van der Waals surface area contributed by atoms with Crippen molar-refractivity contribution in [3.63, 3.8) is 0 Å². The lowest BCUT2D eigenvalue weighted by atomic mass is 10.1. The number of amides is 1. The van der Waals surface area contributed by atoms with Gasteiger partial charge in [-0.3, -0.25) is 23.5 Å². The Morgan fingerprint density at radius 2 is 2.00 bits per heavy atom. The summed E-state index contributed by atoms with van der Waals surface area (Å²) in [6.07, 6.45) is 2.15. The Bertz CT molecular complexity index is 1100. The summed E-state index contributed by atoms with van der Waals surface area (Å²) in [5.74, 6) is 0.405. The third-order valence-corrected chi connectivity index (χ3v) is 4.28. The fraction of sp³-hybridized carbons (Fsp3) is 0.263. The first-order chi connectivity index (χ1) is 13.0. The number of carbonyl (C=O) groups is 1. The van der Waals surface area contributed by atoms with Crippen LogP contribution in [0.1, 0.15) is 5.56 Å². The zero-order valence-electron chi connectivity index (χ0n) is 15.1. The van der Waals surface area contributed by atoms with Crippen LogP contribution < -0.4 is 21.2 Å². The lowest BCUT2D eigenvalue weighted by molar-refractivity contribution is -0.121. The van der Waals surface area contributed by atoms with Crippen LogP contribution in [0.4, 0.5) is 0 Å². The maximum atomic E-state index is 12.3. The summed E-state index contributed by atoms with van der Waals surface area (Å²) in [5.41, 5.74) is 0.347. The Hall–Kier alpha value is -3.42. The van der Waals surface area contributed by atoms with Gasteiger partial charge < -0.3 is 10.1 Å². The number of nitrogens with zero attached hydrogens (tertiary/aromatic N) is 3. The van der Waals surface area contributed by atoms with Crippen LogP contribution in [-0.2, 0) is 24.8 Å². The van der Waals surface area contributed by atoms with E-state index < -0.39 is 11.1 Å². The van der Waals surface area contributed by atoms with Crippen molar-refractivity contribution in [2.75, 3.05) is 13.7 Å². The summed E-state index contributed by atoms with van der Waals surface area (Å²) in [4.78, 5) is 40.8. The summed E-state index contributed by atoms with van der Waals surface area (Å²) in [5, 5.41) is 2.77. The number of nitrogens with one attached hydrogen (secondary N) is 1. The highest BCUT2D eigenvalue weighted by atomic mass is 16.5. The minimum atomic E-state index is -0.749. The molecule has 1 amide bonds. The van der Waals surface area contributed by atoms with E-state index in [0.29, 0.717) is 24.1 Å². The van der Waals surface area contributed by atoms with E-state index in [9.17, 15) is 14.4 Å². The number of benzene rings is 1. The van der Waals surface area contributed by atoms with E-state index in [0.717, 1.165) is 15.9 Å². The second-order valence-corrected chi connectivity index (χ2v) is 6.05. The number of pyridine rings is 1. The molecule has 0 bridgehead atoms. The first-order valence-corrected chi connectivity index (χ1v) is 8.45. The predicted molar refractivity (Wildman–Crippen MR) is 101 cm³/mol. The number of rotatable bonds is 6. The molecule has 0 fully saturated rings. The molecule has 0 unspecified atom stereocenters. The molecule has 2 heterocycles. The highest BCUT2D eigenvalue weighted by Crippen LogP contribution is 2.12. The van der Waals surface area contributed by atoms with Crippen LogP contribution in [0, 0.1) is 0 Å².